The summed E-state index contributed by atoms with van der Waals surface area (Å²) in [6.07, 6.45) is 9.50. The second-order valence-corrected chi connectivity index (χ2v) is 9.87. The maximum atomic E-state index is 12.9. The van der Waals surface area contributed by atoms with Crippen LogP contribution in [-0.2, 0) is 4.74 Å². The molecule has 4 aromatic heterocycles. The summed E-state index contributed by atoms with van der Waals surface area (Å²) in [6, 6.07) is 12.9. The minimum Gasteiger partial charge on any atom is -0.358 e. The molecule has 1 atom stereocenters. The van der Waals surface area contributed by atoms with Gasteiger partial charge >= 0.3 is 0 Å². The van der Waals surface area contributed by atoms with E-state index in [2.05, 4.69) is 41.6 Å². The molecule has 1 aliphatic heterocycles. The molecule has 0 radical (unpaired) electrons. The van der Waals surface area contributed by atoms with Crippen LogP contribution >= 0.6 is 0 Å². The minimum absolute atomic E-state index is 0.0924. The van der Waals surface area contributed by atoms with Gasteiger partial charge in [-0.1, -0.05) is 6.07 Å². The van der Waals surface area contributed by atoms with Crippen LogP contribution in [-0.4, -0.2) is 42.0 Å². The summed E-state index contributed by atoms with van der Waals surface area (Å²) < 4.78 is 7.94. The fourth-order valence-electron chi connectivity index (χ4n) is 4.82. The van der Waals surface area contributed by atoms with Crippen molar-refractivity contribution in [1.82, 2.24) is 29.5 Å². The molecule has 1 aromatic carbocycles. The Balaban J connectivity index is 1.30. The molecule has 0 aliphatic carbocycles. The molecule has 5 aromatic rings. The van der Waals surface area contributed by atoms with E-state index in [0.29, 0.717) is 39.5 Å². The van der Waals surface area contributed by atoms with Gasteiger partial charge in [0.15, 0.2) is 5.65 Å². The van der Waals surface area contributed by atoms with Crippen LogP contribution in [0.4, 0.5) is 17.2 Å². The van der Waals surface area contributed by atoms with Gasteiger partial charge in [-0.15, -0.1) is 0 Å². The number of nitriles is 1. The van der Waals surface area contributed by atoms with Gasteiger partial charge in [0.25, 0.3) is 5.91 Å². The van der Waals surface area contributed by atoms with Gasteiger partial charge in [0.1, 0.15) is 35.3 Å². The number of nitrogens with zero attached hydrogens (tertiary/aromatic N) is 7. The molecular formula is C30H27N9O2. The van der Waals surface area contributed by atoms with E-state index in [0.717, 1.165) is 42.7 Å². The molecule has 0 saturated carbocycles. The molecule has 11 nitrogen and oxygen atoms in total. The highest BCUT2D eigenvalue weighted by Crippen LogP contribution is 2.34. The highest BCUT2D eigenvalue weighted by atomic mass is 16.5. The largest absolute Gasteiger partial charge is 0.358 e. The number of carbonyl (C=O) groups is 1. The molecule has 1 unspecified atom stereocenters. The highest BCUT2D eigenvalue weighted by Gasteiger charge is 2.22. The molecule has 41 heavy (non-hydrogen) atoms. The maximum absolute atomic E-state index is 12.9. The van der Waals surface area contributed by atoms with Gasteiger partial charge in [-0.2, -0.15) is 5.26 Å². The number of anilines is 3. The van der Waals surface area contributed by atoms with E-state index < -0.39 is 5.91 Å². The van der Waals surface area contributed by atoms with Crippen molar-refractivity contribution in [3.05, 3.63) is 83.8 Å². The molecule has 5 heterocycles. The van der Waals surface area contributed by atoms with Crippen molar-refractivity contribution >= 4 is 34.3 Å². The number of nitrogens with one attached hydrogen (secondary N) is 2. The molecule has 0 bridgehead atoms. The molecule has 11 heteroatoms. The number of aryl methyl sites for hydroxylation is 2. The highest BCUT2D eigenvalue weighted by molar-refractivity contribution is 6.03. The average Bonchev–Trinajstić information content (AvgIpc) is 3.44. The van der Waals surface area contributed by atoms with E-state index >= 15 is 0 Å². The monoisotopic (exact) mass is 545 g/mol. The third-order valence-corrected chi connectivity index (χ3v) is 7.09. The lowest BCUT2D eigenvalue weighted by molar-refractivity contribution is -0.0298. The van der Waals surface area contributed by atoms with E-state index in [4.69, 9.17) is 4.74 Å². The summed E-state index contributed by atoms with van der Waals surface area (Å²) in [6.45, 7) is 4.46. The van der Waals surface area contributed by atoms with Crippen molar-refractivity contribution in [3.63, 3.8) is 0 Å². The third-order valence-electron chi connectivity index (χ3n) is 7.09. The number of hydrogen-bond acceptors (Lipinski definition) is 9. The lowest BCUT2D eigenvalue weighted by atomic mass is 10.1. The zero-order valence-electron chi connectivity index (χ0n) is 22.6. The maximum Gasteiger partial charge on any atom is 0.274 e. The summed E-state index contributed by atoms with van der Waals surface area (Å²) in [4.78, 5) is 35.4. The van der Waals surface area contributed by atoms with E-state index in [9.17, 15) is 10.1 Å². The van der Waals surface area contributed by atoms with Crippen molar-refractivity contribution in [2.24, 2.45) is 0 Å². The Labute approximate surface area is 236 Å². The Kier molecular flexibility index (Phi) is 7.06. The van der Waals surface area contributed by atoms with E-state index in [1.54, 1.807) is 19.4 Å². The van der Waals surface area contributed by atoms with Crippen LogP contribution in [0, 0.1) is 25.2 Å². The van der Waals surface area contributed by atoms with Crippen LogP contribution in [0.2, 0.25) is 0 Å². The summed E-state index contributed by atoms with van der Waals surface area (Å²) in [5, 5.41) is 15.6. The average molecular weight is 546 g/mol. The van der Waals surface area contributed by atoms with Crippen molar-refractivity contribution in [2.75, 3.05) is 17.2 Å². The van der Waals surface area contributed by atoms with Gasteiger partial charge in [0, 0.05) is 35.9 Å². The fraction of sp³-hybridized carbons (Fsp3) is 0.233. The van der Waals surface area contributed by atoms with Crippen LogP contribution in [0.15, 0.2) is 61.4 Å². The van der Waals surface area contributed by atoms with Gasteiger partial charge in [0.05, 0.1) is 18.0 Å². The first-order valence-electron chi connectivity index (χ1n) is 13.3. The van der Waals surface area contributed by atoms with Gasteiger partial charge in [-0.25, -0.2) is 19.9 Å². The number of rotatable bonds is 6. The second-order valence-electron chi connectivity index (χ2n) is 9.87. The quantitative estimate of drug-likeness (QED) is 0.284. The Bertz CT molecular complexity index is 1800. The van der Waals surface area contributed by atoms with Crippen LogP contribution in [0.1, 0.15) is 52.7 Å². The first-order chi connectivity index (χ1) is 20.0. The van der Waals surface area contributed by atoms with Crippen molar-refractivity contribution in [2.45, 2.75) is 39.3 Å². The van der Waals surface area contributed by atoms with Gasteiger partial charge < -0.3 is 15.4 Å². The Morgan fingerprint density at radius 2 is 1.98 bits per heavy atom. The number of ether oxygens (including phenoxy) is 1. The zero-order chi connectivity index (χ0) is 28.3. The lowest BCUT2D eigenvalue weighted by Gasteiger charge is -2.23. The van der Waals surface area contributed by atoms with Crippen LogP contribution in [0.5, 0.6) is 0 Å². The van der Waals surface area contributed by atoms with Gasteiger partial charge in [0.2, 0.25) is 0 Å². The minimum atomic E-state index is -0.407. The molecule has 2 N–H and O–H groups in total. The molecular weight excluding hydrogens is 518 g/mol. The molecule has 6 rings (SSSR count). The smallest absolute Gasteiger partial charge is 0.274 e. The summed E-state index contributed by atoms with van der Waals surface area (Å²) >= 11 is 0. The predicted molar refractivity (Wildman–Crippen MR) is 153 cm³/mol. The van der Waals surface area contributed by atoms with Crippen molar-refractivity contribution in [1.29, 1.82) is 5.26 Å². The van der Waals surface area contributed by atoms with E-state index in [-0.39, 0.29) is 11.9 Å². The van der Waals surface area contributed by atoms with Gasteiger partial charge in [-0.3, -0.25) is 14.3 Å². The van der Waals surface area contributed by atoms with Crippen molar-refractivity contribution < 1.29 is 9.53 Å². The predicted octanol–water partition coefficient (Wildman–Crippen LogP) is 5.47. The summed E-state index contributed by atoms with van der Waals surface area (Å²) in [5.74, 6) is 0.178. The normalized spacial score (nSPS) is 14.9. The first-order valence-corrected chi connectivity index (χ1v) is 13.3. The zero-order valence-corrected chi connectivity index (χ0v) is 22.6. The fourth-order valence-corrected chi connectivity index (χ4v) is 4.82. The lowest BCUT2D eigenvalue weighted by Crippen LogP contribution is -2.17. The van der Waals surface area contributed by atoms with Crippen molar-refractivity contribution in [3.8, 4) is 17.3 Å². The number of hydrogen-bond donors (Lipinski definition) is 2. The van der Waals surface area contributed by atoms with Crippen LogP contribution < -0.4 is 10.6 Å². The molecule has 1 amide bonds. The number of pyridine rings is 2. The SMILES string of the molecule is Cc1cnc(C(=O)Nc2ccc(C)c(Nc3ncccc3-c3ncnc4c3ncn4C3CCCCO3)c2)cc1C#N. The topological polar surface area (TPSA) is 144 Å². The number of fused-ring (bicyclic) bond motifs is 1. The first kappa shape index (κ1) is 26.0. The number of amides is 1. The van der Waals surface area contributed by atoms with E-state index in [1.807, 2.05) is 41.8 Å². The third kappa shape index (κ3) is 5.20. The Hall–Kier alpha value is -5.21. The molecule has 1 fully saturated rings. The number of imidazole rings is 1. The Morgan fingerprint density at radius 1 is 1.07 bits per heavy atom. The summed E-state index contributed by atoms with van der Waals surface area (Å²) in [7, 11) is 0. The number of aromatic nitrogens is 6. The standard InChI is InChI=1S/C30H27N9O2/c1-18-8-9-21(37-30(40)24-12-20(14-31)19(2)15-33-24)13-23(18)38-28-22(6-5-10-32-28)26-27-29(35-16-34-26)39(17-36-27)25-7-3-4-11-41-25/h5-6,8-10,12-13,15-17,25H,3-4,7,11H2,1-2H3,(H,32,38)(H,37,40). The molecule has 1 aliphatic rings. The molecule has 1 saturated heterocycles. The number of carbonyl (C=O) groups excluding carboxylic acids is 1. The number of benzene rings is 1. The summed E-state index contributed by atoms with van der Waals surface area (Å²) in [5.41, 5.74) is 6.35. The van der Waals surface area contributed by atoms with Crippen LogP contribution in [0.3, 0.4) is 0 Å². The molecule has 204 valence electrons. The molecule has 0 spiro atoms. The van der Waals surface area contributed by atoms with E-state index in [1.165, 1.54) is 18.6 Å². The second kappa shape index (κ2) is 11.1. The van der Waals surface area contributed by atoms with Crippen LogP contribution in [0.25, 0.3) is 22.4 Å². The Morgan fingerprint density at radius 3 is 2.80 bits per heavy atom. The van der Waals surface area contributed by atoms with Gasteiger partial charge in [-0.05, 0) is 74.6 Å².